The summed E-state index contributed by atoms with van der Waals surface area (Å²) in [5, 5.41) is 8.61. The van der Waals surface area contributed by atoms with Gasteiger partial charge in [0.25, 0.3) is 0 Å². The molecule has 88 valence electrons. The molecule has 1 rings (SSSR count). The van der Waals surface area contributed by atoms with E-state index in [1.165, 1.54) is 0 Å². The summed E-state index contributed by atoms with van der Waals surface area (Å²) in [5.74, 6) is -0.489. The fourth-order valence-electron chi connectivity index (χ4n) is 1.10. The van der Waals surface area contributed by atoms with Crippen LogP contribution in [0.15, 0.2) is 28.7 Å². The van der Waals surface area contributed by atoms with E-state index < -0.39 is 12.0 Å². The topological polar surface area (TPSA) is 72.5 Å². The molecule has 1 aromatic rings. The normalized spacial score (nSPS) is 12.2. The van der Waals surface area contributed by atoms with Crippen LogP contribution in [-0.4, -0.2) is 23.7 Å². The van der Waals surface area contributed by atoms with Gasteiger partial charge in [0.2, 0.25) is 0 Å². The van der Waals surface area contributed by atoms with Crippen LogP contribution in [0.25, 0.3) is 0 Å². The van der Waals surface area contributed by atoms with Crippen LogP contribution in [0.2, 0.25) is 0 Å². The third-order valence-corrected chi connectivity index (χ3v) is 2.57. The smallest absolute Gasteiger partial charge is 0.323 e. The van der Waals surface area contributed by atoms with Crippen molar-refractivity contribution in [2.75, 3.05) is 6.61 Å². The number of carbonyl (C=O) groups excluding carboxylic acids is 1. The minimum Gasteiger partial charge on any atom is -0.460 e. The van der Waals surface area contributed by atoms with Crippen molar-refractivity contribution in [1.82, 2.24) is 0 Å². The van der Waals surface area contributed by atoms with Gasteiger partial charge in [0.1, 0.15) is 12.6 Å². The summed E-state index contributed by atoms with van der Waals surface area (Å²) in [6, 6.07) is 6.71. The molecule has 0 amide bonds. The molecular weight excluding hydrogens is 274 g/mol. The van der Waals surface area contributed by atoms with Gasteiger partial charge < -0.3 is 15.6 Å². The molecule has 0 unspecified atom stereocenters. The van der Waals surface area contributed by atoms with E-state index in [2.05, 4.69) is 15.9 Å². The van der Waals surface area contributed by atoms with Crippen molar-refractivity contribution in [2.45, 2.75) is 19.1 Å². The summed E-state index contributed by atoms with van der Waals surface area (Å²) in [6.45, 7) is 0.0831. The summed E-state index contributed by atoms with van der Waals surface area (Å²) < 4.78 is 5.96. The maximum absolute atomic E-state index is 11.3. The predicted molar refractivity (Wildman–Crippen MR) is 63.6 cm³/mol. The zero-order chi connectivity index (χ0) is 12.0. The van der Waals surface area contributed by atoms with Gasteiger partial charge in [-0.05, 0) is 24.1 Å². The molecule has 0 heterocycles. The maximum Gasteiger partial charge on any atom is 0.323 e. The Morgan fingerprint density at radius 1 is 1.44 bits per heavy atom. The van der Waals surface area contributed by atoms with Gasteiger partial charge in [-0.25, -0.2) is 0 Å². The highest BCUT2D eigenvalue weighted by Crippen LogP contribution is 2.11. The molecular formula is C11H14BrNO3. The van der Waals surface area contributed by atoms with E-state index in [-0.39, 0.29) is 19.6 Å². The van der Waals surface area contributed by atoms with Crippen LogP contribution < -0.4 is 5.73 Å². The number of carbonyl (C=O) groups is 1. The van der Waals surface area contributed by atoms with Crippen LogP contribution in [0.4, 0.5) is 0 Å². The second-order valence-corrected chi connectivity index (χ2v) is 4.27. The molecule has 1 atom stereocenters. The zero-order valence-electron chi connectivity index (χ0n) is 8.73. The molecule has 1 aromatic carbocycles. The number of nitrogens with two attached hydrogens (primary N) is 1. The standard InChI is InChI=1S/C11H14BrNO3/c12-9-3-1-8(2-4-9)7-16-11(15)10(13)5-6-14/h1-4,10,14H,5-7,13H2/t10-/m1/s1. The highest BCUT2D eigenvalue weighted by atomic mass is 79.9. The highest BCUT2D eigenvalue weighted by molar-refractivity contribution is 9.10. The number of benzene rings is 1. The quantitative estimate of drug-likeness (QED) is 0.799. The van der Waals surface area contributed by atoms with Gasteiger partial charge in [0, 0.05) is 11.1 Å². The molecule has 0 saturated carbocycles. The van der Waals surface area contributed by atoms with Gasteiger partial charge in [-0.3, -0.25) is 4.79 Å². The van der Waals surface area contributed by atoms with E-state index in [0.29, 0.717) is 0 Å². The fourth-order valence-corrected chi connectivity index (χ4v) is 1.36. The Labute approximate surface area is 103 Å². The van der Waals surface area contributed by atoms with Gasteiger partial charge >= 0.3 is 5.97 Å². The Bertz CT molecular complexity index is 340. The first kappa shape index (κ1) is 13.2. The van der Waals surface area contributed by atoms with Crippen molar-refractivity contribution in [3.8, 4) is 0 Å². The highest BCUT2D eigenvalue weighted by Gasteiger charge is 2.13. The van der Waals surface area contributed by atoms with E-state index in [4.69, 9.17) is 15.6 Å². The first-order valence-electron chi connectivity index (χ1n) is 4.91. The molecule has 0 aliphatic rings. The number of ether oxygens (including phenoxy) is 1. The van der Waals surface area contributed by atoms with Gasteiger partial charge in [-0.1, -0.05) is 28.1 Å². The van der Waals surface area contributed by atoms with Gasteiger partial charge in [0.05, 0.1) is 0 Å². The van der Waals surface area contributed by atoms with E-state index in [1.54, 1.807) is 0 Å². The first-order valence-corrected chi connectivity index (χ1v) is 5.70. The zero-order valence-corrected chi connectivity index (χ0v) is 10.3. The lowest BCUT2D eigenvalue weighted by Gasteiger charge is -2.10. The lowest BCUT2D eigenvalue weighted by atomic mass is 10.2. The fraction of sp³-hybridized carbons (Fsp3) is 0.364. The largest absolute Gasteiger partial charge is 0.460 e. The minimum absolute atomic E-state index is 0.117. The maximum atomic E-state index is 11.3. The predicted octanol–water partition coefficient (Wildman–Crippen LogP) is 1.20. The Kier molecular flexibility index (Phi) is 5.45. The summed E-state index contributed by atoms with van der Waals surface area (Å²) >= 11 is 3.31. The Morgan fingerprint density at radius 2 is 2.06 bits per heavy atom. The summed E-state index contributed by atoms with van der Waals surface area (Å²) in [7, 11) is 0. The van der Waals surface area contributed by atoms with Crippen molar-refractivity contribution < 1.29 is 14.6 Å². The molecule has 3 N–H and O–H groups in total. The number of aliphatic hydroxyl groups is 1. The second kappa shape index (κ2) is 6.62. The molecule has 0 saturated heterocycles. The Morgan fingerprint density at radius 3 is 2.62 bits per heavy atom. The van der Waals surface area contributed by atoms with E-state index in [0.717, 1.165) is 10.0 Å². The van der Waals surface area contributed by atoms with Crippen LogP contribution in [0, 0.1) is 0 Å². The Hall–Kier alpha value is -0.910. The third-order valence-electron chi connectivity index (χ3n) is 2.04. The lowest BCUT2D eigenvalue weighted by molar-refractivity contribution is -0.146. The van der Waals surface area contributed by atoms with Crippen molar-refractivity contribution in [2.24, 2.45) is 5.73 Å². The number of hydrogen-bond donors (Lipinski definition) is 2. The van der Waals surface area contributed by atoms with Gasteiger partial charge in [-0.2, -0.15) is 0 Å². The molecule has 16 heavy (non-hydrogen) atoms. The number of esters is 1. The second-order valence-electron chi connectivity index (χ2n) is 3.35. The van der Waals surface area contributed by atoms with Crippen molar-refractivity contribution in [3.05, 3.63) is 34.3 Å². The summed E-state index contributed by atoms with van der Waals surface area (Å²) in [4.78, 5) is 11.3. The molecule has 4 nitrogen and oxygen atoms in total. The number of halogens is 1. The van der Waals surface area contributed by atoms with E-state index in [9.17, 15) is 4.79 Å². The summed E-state index contributed by atoms with van der Waals surface area (Å²) in [5.41, 5.74) is 6.37. The van der Waals surface area contributed by atoms with Crippen LogP contribution in [0.1, 0.15) is 12.0 Å². The molecule has 0 spiro atoms. The first-order chi connectivity index (χ1) is 7.63. The monoisotopic (exact) mass is 287 g/mol. The molecule has 0 aromatic heterocycles. The van der Waals surface area contributed by atoms with Crippen LogP contribution in [0.3, 0.4) is 0 Å². The van der Waals surface area contributed by atoms with Crippen molar-refractivity contribution in [1.29, 1.82) is 0 Å². The number of rotatable bonds is 5. The minimum atomic E-state index is -0.750. The van der Waals surface area contributed by atoms with E-state index in [1.807, 2.05) is 24.3 Å². The molecule has 0 bridgehead atoms. The van der Waals surface area contributed by atoms with Crippen molar-refractivity contribution >= 4 is 21.9 Å². The van der Waals surface area contributed by atoms with E-state index >= 15 is 0 Å². The van der Waals surface area contributed by atoms with Crippen LogP contribution >= 0.6 is 15.9 Å². The number of hydrogen-bond acceptors (Lipinski definition) is 4. The van der Waals surface area contributed by atoms with Crippen LogP contribution in [0.5, 0.6) is 0 Å². The van der Waals surface area contributed by atoms with Crippen LogP contribution in [-0.2, 0) is 16.1 Å². The SMILES string of the molecule is N[C@H](CCO)C(=O)OCc1ccc(Br)cc1. The number of aliphatic hydroxyl groups excluding tert-OH is 1. The average molecular weight is 288 g/mol. The lowest BCUT2D eigenvalue weighted by Crippen LogP contribution is -2.33. The average Bonchev–Trinajstić information content (AvgIpc) is 2.28. The summed E-state index contributed by atoms with van der Waals surface area (Å²) in [6.07, 6.45) is 0.221. The molecule has 0 aliphatic carbocycles. The van der Waals surface area contributed by atoms with Crippen molar-refractivity contribution in [3.63, 3.8) is 0 Å². The Balaban J connectivity index is 2.39. The third kappa shape index (κ3) is 4.30. The molecule has 5 heteroatoms. The molecule has 0 aliphatic heterocycles. The van der Waals surface area contributed by atoms with Gasteiger partial charge in [-0.15, -0.1) is 0 Å². The van der Waals surface area contributed by atoms with Gasteiger partial charge in [0.15, 0.2) is 0 Å². The molecule has 0 radical (unpaired) electrons. The molecule has 0 fully saturated rings.